The monoisotopic (exact) mass is 578 g/mol. The number of hydrogen-bond donors (Lipinski definition) is 1. The van der Waals surface area contributed by atoms with Gasteiger partial charge in [-0.3, -0.25) is 4.79 Å². The Hall–Kier alpha value is -3.43. The number of hydrogen-bond acceptors (Lipinski definition) is 8. The van der Waals surface area contributed by atoms with Gasteiger partial charge >= 0.3 is 6.09 Å². The fourth-order valence-corrected chi connectivity index (χ4v) is 6.60. The van der Waals surface area contributed by atoms with Crippen LogP contribution in [-0.4, -0.2) is 71.1 Å². The van der Waals surface area contributed by atoms with E-state index in [0.29, 0.717) is 23.1 Å². The number of aryl methyl sites for hydroxylation is 1. The van der Waals surface area contributed by atoms with E-state index in [1.807, 2.05) is 45.9 Å². The second-order valence-electron chi connectivity index (χ2n) is 13.9. The molecular weight excluding hydrogens is 536 g/mol. The molecule has 6 atom stereocenters. The van der Waals surface area contributed by atoms with Crippen LogP contribution in [0.25, 0.3) is 11.0 Å². The highest BCUT2D eigenvalue weighted by Crippen LogP contribution is 2.55. The number of nitrogens with one attached hydrogen (secondary N) is 1. The number of benzene rings is 1. The lowest BCUT2D eigenvalue weighted by molar-refractivity contribution is -0.139. The van der Waals surface area contributed by atoms with E-state index in [1.165, 1.54) is 17.7 Å². The Bertz CT molecular complexity index is 1390. The summed E-state index contributed by atoms with van der Waals surface area (Å²) in [7, 11) is 1.61. The first kappa shape index (κ1) is 28.7. The average Bonchev–Trinajstić information content (AvgIpc) is 3.86. The Morgan fingerprint density at radius 2 is 1.86 bits per heavy atom. The summed E-state index contributed by atoms with van der Waals surface area (Å²) in [5, 5.41) is 2.84. The van der Waals surface area contributed by atoms with Crippen LogP contribution >= 0.6 is 0 Å². The van der Waals surface area contributed by atoms with Crippen LogP contribution in [0.15, 0.2) is 18.2 Å². The summed E-state index contributed by atoms with van der Waals surface area (Å²) in [5.74, 6) is 0.857. The molecule has 2 aliphatic heterocycles. The number of amides is 2. The first-order valence-electron chi connectivity index (χ1n) is 15.2. The normalized spacial score (nSPS) is 31.1. The van der Waals surface area contributed by atoms with E-state index in [-0.39, 0.29) is 29.9 Å². The Morgan fingerprint density at radius 3 is 2.55 bits per heavy atom. The second-order valence-corrected chi connectivity index (χ2v) is 13.9. The summed E-state index contributed by atoms with van der Waals surface area (Å²) in [6.07, 6.45) is 6.67. The van der Waals surface area contributed by atoms with E-state index in [0.717, 1.165) is 49.6 Å². The summed E-state index contributed by atoms with van der Waals surface area (Å²) in [5.41, 5.74) is 1.90. The molecule has 1 saturated heterocycles. The maximum atomic E-state index is 14.0. The third kappa shape index (κ3) is 5.64. The molecular formula is C32H42N4O6. The first-order valence-corrected chi connectivity index (χ1v) is 15.2. The fourth-order valence-electron chi connectivity index (χ4n) is 6.60. The lowest BCUT2D eigenvalue weighted by Crippen LogP contribution is -2.56. The molecule has 10 heteroatoms. The highest BCUT2D eigenvalue weighted by atomic mass is 16.6. The number of methoxy groups -OCH3 is 1. The van der Waals surface area contributed by atoms with E-state index in [1.54, 1.807) is 7.11 Å². The van der Waals surface area contributed by atoms with Crippen LogP contribution in [0, 0.1) is 22.7 Å². The highest BCUT2D eigenvalue weighted by Gasteiger charge is 2.49. The minimum absolute atomic E-state index is 0.113. The summed E-state index contributed by atoms with van der Waals surface area (Å²) in [4.78, 5) is 50.7. The number of alkyl carbamates (subject to hydrolysis) is 1. The Labute approximate surface area is 246 Å². The summed E-state index contributed by atoms with van der Waals surface area (Å²) in [6.45, 7) is 7.79. The predicted molar refractivity (Wildman–Crippen MR) is 155 cm³/mol. The second kappa shape index (κ2) is 10.7. The Kier molecular flexibility index (Phi) is 7.30. The molecule has 1 spiro atoms. The molecule has 226 valence electrons. The Balaban J connectivity index is 1.36. The third-order valence-electron chi connectivity index (χ3n) is 9.84. The van der Waals surface area contributed by atoms with Crippen molar-refractivity contribution in [2.24, 2.45) is 22.7 Å². The molecule has 2 aliphatic carbocycles. The van der Waals surface area contributed by atoms with Gasteiger partial charge in [-0.2, -0.15) is 0 Å². The van der Waals surface area contributed by atoms with Crippen molar-refractivity contribution >= 4 is 29.3 Å². The smallest absolute Gasteiger partial charge is 0.408 e. The molecule has 42 heavy (non-hydrogen) atoms. The number of rotatable bonds is 2. The summed E-state index contributed by atoms with van der Waals surface area (Å²) in [6, 6.07) is 4.06. The molecule has 2 saturated carbocycles. The van der Waals surface area contributed by atoms with Crippen LogP contribution in [0.2, 0.25) is 0 Å². The number of fused-ring (bicyclic) bond motifs is 5. The van der Waals surface area contributed by atoms with E-state index in [9.17, 15) is 14.4 Å². The van der Waals surface area contributed by atoms with Crippen molar-refractivity contribution in [3.8, 4) is 11.6 Å². The van der Waals surface area contributed by atoms with Crippen molar-refractivity contribution in [1.82, 2.24) is 20.2 Å². The molecule has 3 heterocycles. The Morgan fingerprint density at radius 1 is 1.07 bits per heavy atom. The van der Waals surface area contributed by atoms with Crippen LogP contribution < -0.4 is 14.8 Å². The van der Waals surface area contributed by atoms with Crippen molar-refractivity contribution in [1.29, 1.82) is 0 Å². The fraction of sp³-hybridized carbons (Fsp3) is 0.656. The minimum atomic E-state index is -0.868. The van der Waals surface area contributed by atoms with Gasteiger partial charge < -0.3 is 29.2 Å². The molecule has 4 aliphatic rings. The van der Waals surface area contributed by atoms with Crippen LogP contribution in [0.3, 0.4) is 0 Å². The largest absolute Gasteiger partial charge is 0.497 e. The van der Waals surface area contributed by atoms with Crippen molar-refractivity contribution in [3.63, 3.8) is 0 Å². The quantitative estimate of drug-likeness (QED) is 0.519. The van der Waals surface area contributed by atoms with Gasteiger partial charge in [0.15, 0.2) is 0 Å². The molecule has 1 aromatic carbocycles. The molecule has 0 radical (unpaired) electrons. The number of ether oxygens (including phenoxy) is 3. The summed E-state index contributed by atoms with van der Waals surface area (Å²) < 4.78 is 17.7. The molecule has 1 aromatic heterocycles. The van der Waals surface area contributed by atoms with Crippen molar-refractivity contribution in [2.45, 2.75) is 96.9 Å². The molecule has 2 bridgehead atoms. The van der Waals surface area contributed by atoms with Gasteiger partial charge in [0.1, 0.15) is 36.0 Å². The topological polar surface area (TPSA) is 120 Å². The molecule has 0 unspecified atom stereocenters. The molecule has 6 rings (SSSR count). The lowest BCUT2D eigenvalue weighted by Gasteiger charge is -2.34. The van der Waals surface area contributed by atoms with Gasteiger partial charge in [-0.15, -0.1) is 0 Å². The van der Waals surface area contributed by atoms with E-state index >= 15 is 0 Å². The molecule has 2 aromatic rings. The van der Waals surface area contributed by atoms with Gasteiger partial charge in [0, 0.05) is 12.0 Å². The SMILES string of the molecule is COc1ccc2nc3c(nc2c1)O[C@H]1CN(C(=O)[C@H](C(C)(C)C)NC(=O)O[C@@H]2C[C@H]2CCC2(CC3)CC2)[C@H](C=O)[C@@H]1C. The maximum Gasteiger partial charge on any atom is 0.408 e. The van der Waals surface area contributed by atoms with Crippen LogP contribution in [-0.2, 0) is 20.7 Å². The van der Waals surface area contributed by atoms with Gasteiger partial charge in [-0.1, -0.05) is 27.7 Å². The number of aldehydes is 1. The van der Waals surface area contributed by atoms with Crippen molar-refractivity contribution in [3.05, 3.63) is 23.9 Å². The predicted octanol–water partition coefficient (Wildman–Crippen LogP) is 4.47. The zero-order valence-electron chi connectivity index (χ0n) is 25.2. The van der Waals surface area contributed by atoms with Gasteiger partial charge in [-0.05, 0) is 73.8 Å². The van der Waals surface area contributed by atoms with Crippen molar-refractivity contribution < 1.29 is 28.6 Å². The zero-order valence-corrected chi connectivity index (χ0v) is 25.2. The standard InChI is InChI=1S/C32H42N4O6/c1-18-24(17-37)36-16-26(18)41-28-22(33-21-7-6-20(40-5)15-23(21)34-28)9-11-32(12-13-32)10-8-19-14-25(19)42-30(39)35-27(29(36)38)31(2,3)4/h6-7,15,17-19,24-27H,8-14,16H2,1-5H3,(H,35,39)/t18-,19+,24+,25+,26-,27+/m0/s1. The number of nitrogens with zero attached hydrogens (tertiary/aromatic N) is 3. The average molecular weight is 579 g/mol. The number of aromatic nitrogens is 2. The van der Waals surface area contributed by atoms with Crippen LogP contribution in [0.5, 0.6) is 11.6 Å². The van der Waals surface area contributed by atoms with E-state index in [4.69, 9.17) is 24.2 Å². The first-order chi connectivity index (χ1) is 20.0. The van der Waals surface area contributed by atoms with Gasteiger partial charge in [0.05, 0.1) is 30.7 Å². The van der Waals surface area contributed by atoms with Gasteiger partial charge in [-0.25, -0.2) is 14.8 Å². The van der Waals surface area contributed by atoms with Crippen LogP contribution in [0.1, 0.15) is 71.9 Å². The van der Waals surface area contributed by atoms with Crippen molar-refractivity contribution in [2.75, 3.05) is 13.7 Å². The number of carbonyl (C=O) groups excluding carboxylic acids is 3. The minimum Gasteiger partial charge on any atom is -0.497 e. The van der Waals surface area contributed by atoms with E-state index in [2.05, 4.69) is 5.32 Å². The van der Waals surface area contributed by atoms with Crippen LogP contribution in [0.4, 0.5) is 4.79 Å². The van der Waals surface area contributed by atoms with E-state index < -0.39 is 29.7 Å². The zero-order chi connectivity index (χ0) is 29.8. The third-order valence-corrected chi connectivity index (χ3v) is 9.84. The molecule has 3 fully saturated rings. The molecule has 2 amide bonds. The lowest BCUT2D eigenvalue weighted by atomic mass is 9.85. The van der Waals surface area contributed by atoms with Gasteiger partial charge in [0.25, 0.3) is 0 Å². The molecule has 10 nitrogen and oxygen atoms in total. The highest BCUT2D eigenvalue weighted by molar-refractivity contribution is 5.89. The summed E-state index contributed by atoms with van der Waals surface area (Å²) >= 11 is 0. The van der Waals surface area contributed by atoms with Gasteiger partial charge in [0.2, 0.25) is 11.8 Å². The molecule has 1 N–H and O–H groups in total. The maximum absolute atomic E-state index is 14.0. The number of carbonyl (C=O) groups is 3.